The summed E-state index contributed by atoms with van der Waals surface area (Å²) in [6.45, 7) is 2.08. The Balaban J connectivity index is 2.06. The van der Waals surface area contributed by atoms with E-state index in [1.807, 2.05) is 0 Å². The number of nitrogens with one attached hydrogen (secondary N) is 1. The lowest BCUT2D eigenvalue weighted by molar-refractivity contribution is 0.0882. The van der Waals surface area contributed by atoms with E-state index >= 15 is 0 Å². The predicted molar refractivity (Wildman–Crippen MR) is 64.9 cm³/mol. The molecule has 2 rings (SSSR count). The van der Waals surface area contributed by atoms with Crippen molar-refractivity contribution >= 4 is 5.91 Å². The first-order chi connectivity index (χ1) is 8.09. The molecule has 1 saturated carbocycles. The second kappa shape index (κ2) is 4.73. The number of pyridine rings is 1. The number of nitrogens with zero attached hydrogens (tertiary/aromatic N) is 1. The van der Waals surface area contributed by atoms with E-state index in [1.165, 1.54) is 24.9 Å². The van der Waals surface area contributed by atoms with Gasteiger partial charge in [-0.2, -0.15) is 0 Å². The van der Waals surface area contributed by atoms with E-state index in [0.717, 1.165) is 25.7 Å². The van der Waals surface area contributed by atoms with Gasteiger partial charge in [0.2, 0.25) is 0 Å². The van der Waals surface area contributed by atoms with Gasteiger partial charge >= 0.3 is 0 Å². The molecule has 0 aromatic carbocycles. The predicted octanol–water partition coefficient (Wildman–Crippen LogP) is 2.24. The fraction of sp³-hybridized carbons (Fsp3) is 0.538. The molecule has 17 heavy (non-hydrogen) atoms. The zero-order valence-electron chi connectivity index (χ0n) is 10.1. The molecular weight excluding hydrogens is 216 g/mol. The number of amides is 1. The smallest absolute Gasteiger partial charge is 0.253 e. The average molecular weight is 234 g/mol. The van der Waals surface area contributed by atoms with E-state index in [1.54, 1.807) is 0 Å². The molecule has 1 fully saturated rings. The van der Waals surface area contributed by atoms with Gasteiger partial charge < -0.3 is 10.4 Å². The molecule has 1 amide bonds. The molecular formula is C13H18N2O2. The van der Waals surface area contributed by atoms with Crippen molar-refractivity contribution in [3.63, 3.8) is 0 Å². The van der Waals surface area contributed by atoms with Gasteiger partial charge in [0.15, 0.2) is 0 Å². The van der Waals surface area contributed by atoms with Crippen LogP contribution in [0.15, 0.2) is 18.5 Å². The molecule has 0 bridgehead atoms. The zero-order chi connectivity index (χ0) is 12.3. The number of aromatic hydroxyl groups is 1. The Kier molecular flexibility index (Phi) is 3.31. The summed E-state index contributed by atoms with van der Waals surface area (Å²) in [5.74, 6) is -0.135. The molecule has 1 aromatic rings. The molecule has 0 unspecified atom stereocenters. The van der Waals surface area contributed by atoms with Crippen molar-refractivity contribution in [3.05, 3.63) is 24.0 Å². The Bertz CT molecular complexity index is 412. The van der Waals surface area contributed by atoms with Crippen molar-refractivity contribution < 1.29 is 9.90 Å². The molecule has 92 valence electrons. The number of hydrogen-bond acceptors (Lipinski definition) is 3. The molecule has 4 heteroatoms. The minimum Gasteiger partial charge on any atom is -0.506 e. The van der Waals surface area contributed by atoms with Gasteiger partial charge in [-0.15, -0.1) is 0 Å². The lowest BCUT2D eigenvalue weighted by Gasteiger charge is -2.34. The van der Waals surface area contributed by atoms with Gasteiger partial charge in [0.25, 0.3) is 5.91 Å². The van der Waals surface area contributed by atoms with Gasteiger partial charge in [-0.3, -0.25) is 9.78 Å². The summed E-state index contributed by atoms with van der Waals surface area (Å²) in [6.07, 6.45) is 8.40. The third-order valence-electron chi connectivity index (χ3n) is 3.36. The van der Waals surface area contributed by atoms with Gasteiger partial charge in [0, 0.05) is 11.7 Å². The summed E-state index contributed by atoms with van der Waals surface area (Å²) in [7, 11) is 0. The summed E-state index contributed by atoms with van der Waals surface area (Å²) in [6, 6.07) is 1.44. The molecule has 1 heterocycles. The lowest BCUT2D eigenvalue weighted by atomic mass is 9.83. The maximum Gasteiger partial charge on any atom is 0.253 e. The van der Waals surface area contributed by atoms with Crippen LogP contribution in [0.5, 0.6) is 5.75 Å². The first-order valence-corrected chi connectivity index (χ1v) is 6.06. The van der Waals surface area contributed by atoms with E-state index in [2.05, 4.69) is 17.2 Å². The van der Waals surface area contributed by atoms with Gasteiger partial charge in [-0.25, -0.2) is 0 Å². The van der Waals surface area contributed by atoms with Crippen LogP contribution in [-0.4, -0.2) is 21.5 Å². The fourth-order valence-corrected chi connectivity index (χ4v) is 2.36. The van der Waals surface area contributed by atoms with Crippen LogP contribution < -0.4 is 5.32 Å². The molecule has 2 N–H and O–H groups in total. The number of aromatic nitrogens is 1. The number of carbonyl (C=O) groups excluding carboxylic acids is 1. The van der Waals surface area contributed by atoms with Crippen molar-refractivity contribution in [3.8, 4) is 5.75 Å². The van der Waals surface area contributed by atoms with Crippen molar-refractivity contribution in [2.24, 2.45) is 0 Å². The second-order valence-electron chi connectivity index (χ2n) is 5.01. The van der Waals surface area contributed by atoms with Crippen LogP contribution in [0.25, 0.3) is 0 Å². The Morgan fingerprint density at radius 3 is 2.71 bits per heavy atom. The van der Waals surface area contributed by atoms with Gasteiger partial charge in [0.1, 0.15) is 5.75 Å². The monoisotopic (exact) mass is 234 g/mol. The SMILES string of the molecule is CC1(NC(=O)c2cncc(O)c2)CCCCC1. The fourth-order valence-electron chi connectivity index (χ4n) is 2.36. The topological polar surface area (TPSA) is 62.2 Å². The maximum absolute atomic E-state index is 12.0. The minimum atomic E-state index is -0.155. The van der Waals surface area contributed by atoms with E-state index in [4.69, 9.17) is 0 Å². The Morgan fingerprint density at radius 1 is 1.35 bits per heavy atom. The van der Waals surface area contributed by atoms with Gasteiger partial charge in [-0.05, 0) is 25.8 Å². The van der Waals surface area contributed by atoms with Crippen molar-refractivity contribution in [2.75, 3.05) is 0 Å². The number of carbonyl (C=O) groups is 1. The Labute approximate surface area is 101 Å². The van der Waals surface area contributed by atoms with Crippen LogP contribution in [0.4, 0.5) is 0 Å². The molecule has 0 saturated heterocycles. The Hall–Kier alpha value is -1.58. The Morgan fingerprint density at radius 2 is 2.06 bits per heavy atom. The van der Waals surface area contributed by atoms with E-state index in [0.29, 0.717) is 5.56 Å². The van der Waals surface area contributed by atoms with Gasteiger partial charge in [0.05, 0.1) is 11.8 Å². The zero-order valence-corrected chi connectivity index (χ0v) is 10.1. The summed E-state index contributed by atoms with van der Waals surface area (Å²) >= 11 is 0. The first kappa shape index (κ1) is 11.9. The van der Waals surface area contributed by atoms with Crippen molar-refractivity contribution in [1.82, 2.24) is 10.3 Å². The van der Waals surface area contributed by atoms with E-state index < -0.39 is 0 Å². The van der Waals surface area contributed by atoms with Crippen LogP contribution >= 0.6 is 0 Å². The molecule has 4 nitrogen and oxygen atoms in total. The highest BCUT2D eigenvalue weighted by molar-refractivity contribution is 5.94. The van der Waals surface area contributed by atoms with Crippen molar-refractivity contribution in [1.29, 1.82) is 0 Å². The molecule has 1 aliphatic carbocycles. The highest BCUT2D eigenvalue weighted by atomic mass is 16.3. The number of rotatable bonds is 2. The minimum absolute atomic E-state index is 0.0199. The highest BCUT2D eigenvalue weighted by Crippen LogP contribution is 2.27. The largest absolute Gasteiger partial charge is 0.506 e. The average Bonchev–Trinajstić information content (AvgIpc) is 2.29. The van der Waals surface area contributed by atoms with Crippen LogP contribution in [0.3, 0.4) is 0 Å². The normalized spacial score (nSPS) is 18.6. The highest BCUT2D eigenvalue weighted by Gasteiger charge is 2.28. The lowest BCUT2D eigenvalue weighted by Crippen LogP contribution is -2.47. The summed E-state index contributed by atoms with van der Waals surface area (Å²) in [5.41, 5.74) is 0.303. The summed E-state index contributed by atoms with van der Waals surface area (Å²) in [5, 5.41) is 12.3. The van der Waals surface area contributed by atoms with Gasteiger partial charge in [-0.1, -0.05) is 19.3 Å². The van der Waals surface area contributed by atoms with Crippen LogP contribution in [0, 0.1) is 0 Å². The molecule has 1 aromatic heterocycles. The third kappa shape index (κ3) is 2.96. The molecule has 0 radical (unpaired) electrons. The molecule has 1 aliphatic rings. The van der Waals surface area contributed by atoms with E-state index in [-0.39, 0.29) is 17.2 Å². The maximum atomic E-state index is 12.0. The van der Waals surface area contributed by atoms with Crippen molar-refractivity contribution in [2.45, 2.75) is 44.6 Å². The first-order valence-electron chi connectivity index (χ1n) is 6.06. The third-order valence-corrected chi connectivity index (χ3v) is 3.36. The van der Waals surface area contributed by atoms with Crippen LogP contribution in [0.1, 0.15) is 49.4 Å². The molecule has 0 atom stereocenters. The van der Waals surface area contributed by atoms with Crippen LogP contribution in [-0.2, 0) is 0 Å². The summed E-state index contributed by atoms with van der Waals surface area (Å²) in [4.78, 5) is 15.8. The van der Waals surface area contributed by atoms with Crippen LogP contribution in [0.2, 0.25) is 0 Å². The quantitative estimate of drug-likeness (QED) is 0.825. The number of hydrogen-bond donors (Lipinski definition) is 2. The second-order valence-corrected chi connectivity index (χ2v) is 5.01. The summed E-state index contributed by atoms with van der Waals surface area (Å²) < 4.78 is 0. The van der Waals surface area contributed by atoms with E-state index in [9.17, 15) is 9.90 Å². The molecule has 0 spiro atoms. The standard InChI is InChI=1S/C13H18N2O2/c1-13(5-3-2-4-6-13)15-12(17)10-7-11(16)9-14-8-10/h7-9,16H,2-6H2,1H3,(H,15,17). The molecule has 0 aliphatic heterocycles.